The number of nitrogens with one attached hydrogen (secondary N) is 2. The fraction of sp³-hybridized carbons (Fsp3) is 0.667. The van der Waals surface area contributed by atoms with Gasteiger partial charge in [-0.1, -0.05) is 6.07 Å². The van der Waals surface area contributed by atoms with Crippen LogP contribution in [0.1, 0.15) is 76.8 Å². The van der Waals surface area contributed by atoms with Crippen molar-refractivity contribution in [3.8, 4) is 0 Å². The lowest BCUT2D eigenvalue weighted by atomic mass is 9.89. The highest BCUT2D eigenvalue weighted by atomic mass is 16.6. The number of benzene rings is 1. The van der Waals surface area contributed by atoms with Crippen molar-refractivity contribution in [2.45, 2.75) is 82.9 Å². The van der Waals surface area contributed by atoms with Gasteiger partial charge in [-0.25, -0.2) is 9.59 Å². The molecule has 224 valence electrons. The summed E-state index contributed by atoms with van der Waals surface area (Å²) in [5.41, 5.74) is 2.08. The summed E-state index contributed by atoms with van der Waals surface area (Å²) < 4.78 is 8.55. The van der Waals surface area contributed by atoms with Crippen LogP contribution < -0.4 is 16.3 Å². The van der Waals surface area contributed by atoms with Gasteiger partial charge in [0.25, 0.3) is 0 Å². The van der Waals surface area contributed by atoms with Crippen LogP contribution in [0.3, 0.4) is 0 Å². The standard InChI is InChI=1S/C30H44N6O5/c1-30(2,3)41-28(39)31-22-11-15-35(16-12-22)18-17-34-13-9-20(10-14-34)21-5-6-23-25(19-21)33(4)29(40)36(23)24-7-8-26(37)32-27(24)38/h5-6,19-20,22,24H,7-18H2,1-4H3,(H,31,39)(H,32,37,38). The highest BCUT2D eigenvalue weighted by Gasteiger charge is 2.32. The minimum Gasteiger partial charge on any atom is -0.444 e. The number of aromatic nitrogens is 2. The normalized spacial score (nSPS) is 22.2. The third kappa shape index (κ3) is 6.83. The zero-order valence-corrected chi connectivity index (χ0v) is 24.8. The number of alkyl carbamates (subject to hydrolysis) is 1. The summed E-state index contributed by atoms with van der Waals surface area (Å²) in [6, 6.07) is 5.68. The number of carbonyl (C=O) groups is 3. The van der Waals surface area contributed by atoms with Gasteiger partial charge >= 0.3 is 11.8 Å². The first-order chi connectivity index (χ1) is 19.5. The molecule has 3 saturated heterocycles. The molecule has 1 aromatic heterocycles. The van der Waals surface area contributed by atoms with E-state index in [2.05, 4.69) is 32.6 Å². The van der Waals surface area contributed by atoms with Gasteiger partial charge in [-0.2, -0.15) is 0 Å². The smallest absolute Gasteiger partial charge is 0.407 e. The van der Waals surface area contributed by atoms with Gasteiger partial charge in [0, 0.05) is 45.7 Å². The van der Waals surface area contributed by atoms with E-state index in [1.165, 1.54) is 5.56 Å². The lowest BCUT2D eigenvalue weighted by molar-refractivity contribution is -0.135. The molecule has 41 heavy (non-hydrogen) atoms. The molecular formula is C30H44N6O5. The maximum absolute atomic E-state index is 13.1. The number of hydrogen-bond donors (Lipinski definition) is 2. The van der Waals surface area contributed by atoms with E-state index >= 15 is 0 Å². The Bertz CT molecular complexity index is 1340. The van der Waals surface area contributed by atoms with Crippen LogP contribution in [0.2, 0.25) is 0 Å². The third-order valence-corrected chi connectivity index (χ3v) is 8.74. The van der Waals surface area contributed by atoms with Gasteiger partial charge in [-0.15, -0.1) is 0 Å². The Morgan fingerprint density at radius 3 is 2.20 bits per heavy atom. The number of amides is 3. The average Bonchev–Trinajstić information content (AvgIpc) is 3.16. The molecule has 2 N–H and O–H groups in total. The van der Waals surface area contributed by atoms with E-state index in [4.69, 9.17) is 4.74 Å². The van der Waals surface area contributed by atoms with Crippen molar-refractivity contribution in [3.05, 3.63) is 34.2 Å². The summed E-state index contributed by atoms with van der Waals surface area (Å²) in [6.07, 6.45) is 4.26. The highest BCUT2D eigenvalue weighted by Crippen LogP contribution is 2.31. The molecular weight excluding hydrogens is 524 g/mol. The van der Waals surface area contributed by atoms with Crippen molar-refractivity contribution in [1.29, 1.82) is 0 Å². The van der Waals surface area contributed by atoms with Gasteiger partial charge in [0.2, 0.25) is 11.8 Å². The van der Waals surface area contributed by atoms with Crippen molar-refractivity contribution in [1.82, 2.24) is 29.6 Å². The van der Waals surface area contributed by atoms with Crippen molar-refractivity contribution < 1.29 is 19.1 Å². The Morgan fingerprint density at radius 1 is 0.951 bits per heavy atom. The number of fused-ring (bicyclic) bond motifs is 1. The van der Waals surface area contributed by atoms with E-state index in [1.807, 2.05) is 26.8 Å². The molecule has 2 aromatic rings. The molecule has 0 spiro atoms. The zero-order valence-electron chi connectivity index (χ0n) is 24.8. The molecule has 1 atom stereocenters. The van der Waals surface area contributed by atoms with Gasteiger partial charge < -0.3 is 19.9 Å². The second kappa shape index (κ2) is 12.0. The van der Waals surface area contributed by atoms with Crippen LogP contribution >= 0.6 is 0 Å². The van der Waals surface area contributed by atoms with Crippen molar-refractivity contribution >= 4 is 28.9 Å². The fourth-order valence-corrected chi connectivity index (χ4v) is 6.41. The van der Waals surface area contributed by atoms with Crippen molar-refractivity contribution in [3.63, 3.8) is 0 Å². The molecule has 3 fully saturated rings. The van der Waals surface area contributed by atoms with Gasteiger partial charge in [0.1, 0.15) is 11.6 Å². The molecule has 0 radical (unpaired) electrons. The number of likely N-dealkylation sites (tertiary alicyclic amines) is 2. The summed E-state index contributed by atoms with van der Waals surface area (Å²) >= 11 is 0. The Kier molecular flexibility index (Phi) is 8.56. The third-order valence-electron chi connectivity index (χ3n) is 8.74. The summed E-state index contributed by atoms with van der Waals surface area (Å²) in [6.45, 7) is 11.7. The monoisotopic (exact) mass is 568 g/mol. The second-order valence-electron chi connectivity index (χ2n) is 12.8. The van der Waals surface area contributed by atoms with E-state index in [0.717, 1.165) is 76.0 Å². The molecule has 11 nitrogen and oxygen atoms in total. The van der Waals surface area contributed by atoms with Crippen LogP contribution in [-0.2, 0) is 21.4 Å². The summed E-state index contributed by atoms with van der Waals surface area (Å²) in [5, 5.41) is 5.38. The number of aryl methyl sites for hydroxylation is 1. The number of ether oxygens (including phenoxy) is 1. The van der Waals surface area contributed by atoms with Crippen LogP contribution in [0.4, 0.5) is 4.79 Å². The van der Waals surface area contributed by atoms with E-state index in [9.17, 15) is 19.2 Å². The Labute approximate surface area is 241 Å². The largest absolute Gasteiger partial charge is 0.444 e. The van der Waals surface area contributed by atoms with E-state index in [1.54, 1.807) is 16.2 Å². The number of hydrogen-bond acceptors (Lipinski definition) is 7. The number of carbonyl (C=O) groups excluding carboxylic acids is 3. The molecule has 0 bridgehead atoms. The summed E-state index contributed by atoms with van der Waals surface area (Å²) in [4.78, 5) is 54.2. The average molecular weight is 569 g/mol. The maximum atomic E-state index is 13.1. The van der Waals surface area contributed by atoms with E-state index < -0.39 is 17.6 Å². The first-order valence-corrected chi connectivity index (χ1v) is 15.0. The minimum atomic E-state index is -0.662. The van der Waals surface area contributed by atoms with Crippen LogP contribution in [0.25, 0.3) is 11.0 Å². The lowest BCUT2D eigenvalue weighted by Crippen LogP contribution is -2.48. The quantitative estimate of drug-likeness (QED) is 0.514. The molecule has 11 heteroatoms. The Morgan fingerprint density at radius 2 is 1.59 bits per heavy atom. The SMILES string of the molecule is Cn1c(=O)n(C2CCC(=O)NC2=O)c2ccc(C3CCN(CCN4CCC(NC(=O)OC(C)(C)C)CC4)CC3)cc21. The highest BCUT2D eigenvalue weighted by molar-refractivity contribution is 6.00. The number of imidazole rings is 1. The molecule has 0 aliphatic carbocycles. The van der Waals surface area contributed by atoms with E-state index in [0.29, 0.717) is 12.3 Å². The van der Waals surface area contributed by atoms with Crippen molar-refractivity contribution in [2.75, 3.05) is 39.3 Å². The molecule has 3 amide bonds. The number of piperidine rings is 3. The number of imide groups is 1. The predicted octanol–water partition coefficient (Wildman–Crippen LogP) is 2.49. The molecule has 0 saturated carbocycles. The number of nitrogens with zero attached hydrogens (tertiary/aromatic N) is 4. The first kappa shape index (κ1) is 29.3. The molecule has 5 rings (SSSR count). The zero-order chi connectivity index (χ0) is 29.3. The van der Waals surface area contributed by atoms with Crippen LogP contribution in [0.5, 0.6) is 0 Å². The van der Waals surface area contributed by atoms with Gasteiger partial charge in [0.15, 0.2) is 0 Å². The maximum Gasteiger partial charge on any atom is 0.407 e. The Balaban J connectivity index is 1.11. The summed E-state index contributed by atoms with van der Waals surface area (Å²) in [7, 11) is 1.75. The first-order valence-electron chi connectivity index (χ1n) is 15.0. The molecule has 1 aromatic carbocycles. The van der Waals surface area contributed by atoms with Crippen LogP contribution in [0, 0.1) is 0 Å². The molecule has 3 aliphatic rings. The topological polar surface area (TPSA) is 118 Å². The number of rotatable bonds is 6. The van der Waals surface area contributed by atoms with Crippen LogP contribution in [0.15, 0.2) is 23.0 Å². The van der Waals surface area contributed by atoms with Gasteiger partial charge in [0.05, 0.1) is 11.0 Å². The molecule has 3 aliphatic heterocycles. The fourth-order valence-electron chi connectivity index (χ4n) is 6.41. The predicted molar refractivity (Wildman–Crippen MR) is 156 cm³/mol. The van der Waals surface area contributed by atoms with Crippen molar-refractivity contribution in [2.24, 2.45) is 7.05 Å². The minimum absolute atomic E-state index is 0.176. The molecule has 1 unspecified atom stereocenters. The lowest BCUT2D eigenvalue weighted by Gasteiger charge is -2.36. The Hall–Kier alpha value is -3.18. The van der Waals surface area contributed by atoms with Crippen LogP contribution in [-0.4, -0.2) is 87.8 Å². The van der Waals surface area contributed by atoms with E-state index in [-0.39, 0.29) is 30.2 Å². The summed E-state index contributed by atoms with van der Waals surface area (Å²) in [5.74, 6) is -0.265. The van der Waals surface area contributed by atoms with Gasteiger partial charge in [-0.3, -0.25) is 24.0 Å². The van der Waals surface area contributed by atoms with Gasteiger partial charge in [-0.05, 0) is 89.6 Å². The second-order valence-corrected chi connectivity index (χ2v) is 12.8. The molecule has 4 heterocycles.